The van der Waals surface area contributed by atoms with E-state index in [0.717, 1.165) is 36.4 Å². The summed E-state index contributed by atoms with van der Waals surface area (Å²) < 4.78 is 6.18. The maximum atomic E-state index is 6.18. The normalized spacial score (nSPS) is 13.4. The molecule has 0 unspecified atom stereocenters. The van der Waals surface area contributed by atoms with Gasteiger partial charge in [-0.2, -0.15) is 0 Å². The van der Waals surface area contributed by atoms with Crippen molar-refractivity contribution in [3.8, 4) is 11.5 Å². The molecule has 1 heterocycles. The van der Waals surface area contributed by atoms with Crippen LogP contribution in [-0.2, 0) is 12.8 Å². The van der Waals surface area contributed by atoms with Gasteiger partial charge in [-0.3, -0.25) is 0 Å². The van der Waals surface area contributed by atoms with Gasteiger partial charge in [0, 0.05) is 24.3 Å². The summed E-state index contributed by atoms with van der Waals surface area (Å²) in [6, 6.07) is 9.91. The van der Waals surface area contributed by atoms with Gasteiger partial charge in [0.2, 0.25) is 0 Å². The summed E-state index contributed by atoms with van der Waals surface area (Å²) in [7, 11) is 2.13. The van der Waals surface area contributed by atoms with E-state index in [0.29, 0.717) is 11.6 Å². The zero-order valence-corrected chi connectivity index (χ0v) is 13.8. The fourth-order valence-corrected chi connectivity index (χ4v) is 3.17. The van der Waals surface area contributed by atoms with Gasteiger partial charge in [0.05, 0.1) is 0 Å². The molecular weight excluding hydrogens is 296 g/mol. The molecule has 3 nitrogen and oxygen atoms in total. The number of hydrogen-bond donors (Lipinski definition) is 1. The van der Waals surface area contributed by atoms with Crippen LogP contribution in [0.25, 0.3) is 0 Å². The molecule has 1 aliphatic heterocycles. The molecule has 116 valence electrons. The molecule has 2 N–H and O–H groups in total. The molecule has 0 spiro atoms. The molecule has 22 heavy (non-hydrogen) atoms. The predicted molar refractivity (Wildman–Crippen MR) is 92.4 cm³/mol. The molecule has 0 radical (unpaired) electrons. The van der Waals surface area contributed by atoms with Crippen molar-refractivity contribution in [3.05, 3.63) is 52.0 Å². The smallest absolute Gasteiger partial charge is 0.132 e. The van der Waals surface area contributed by atoms with Crippen LogP contribution in [0.3, 0.4) is 0 Å². The number of halogens is 1. The van der Waals surface area contributed by atoms with Crippen molar-refractivity contribution in [2.75, 3.05) is 25.0 Å². The first-order valence-electron chi connectivity index (χ1n) is 7.60. The Balaban J connectivity index is 1.96. The van der Waals surface area contributed by atoms with Gasteiger partial charge >= 0.3 is 0 Å². The number of ether oxygens (including phenoxy) is 1. The first kappa shape index (κ1) is 15.2. The molecule has 0 aromatic heterocycles. The maximum Gasteiger partial charge on any atom is 0.132 e. The van der Waals surface area contributed by atoms with Crippen molar-refractivity contribution in [2.45, 2.75) is 19.8 Å². The number of anilines is 1. The summed E-state index contributed by atoms with van der Waals surface area (Å²) in [4.78, 5) is 2.28. The van der Waals surface area contributed by atoms with Crippen molar-refractivity contribution in [3.63, 3.8) is 0 Å². The van der Waals surface area contributed by atoms with Gasteiger partial charge in [-0.25, -0.2) is 0 Å². The molecule has 2 aromatic carbocycles. The summed E-state index contributed by atoms with van der Waals surface area (Å²) in [5.74, 6) is 1.70. The highest BCUT2D eigenvalue weighted by molar-refractivity contribution is 6.30. The number of likely N-dealkylation sites (N-methyl/N-ethyl adjacent to an activating group) is 1. The fraction of sp³-hybridized carbons (Fsp3) is 0.333. The van der Waals surface area contributed by atoms with E-state index in [2.05, 4.69) is 24.9 Å². The summed E-state index contributed by atoms with van der Waals surface area (Å²) in [6.07, 6.45) is 1.85. The SMILES string of the molecule is Cc1c(Oc2cc(Cl)ccc2CCN)ccc2c1CCN2C. The number of nitrogens with two attached hydrogens (primary N) is 1. The van der Waals surface area contributed by atoms with Crippen LogP contribution in [-0.4, -0.2) is 20.1 Å². The second kappa shape index (κ2) is 6.19. The topological polar surface area (TPSA) is 38.5 Å². The lowest BCUT2D eigenvalue weighted by atomic mass is 10.0. The zero-order valence-electron chi connectivity index (χ0n) is 13.0. The molecule has 0 atom stereocenters. The minimum atomic E-state index is 0.589. The van der Waals surface area contributed by atoms with Crippen LogP contribution >= 0.6 is 11.6 Å². The number of benzene rings is 2. The monoisotopic (exact) mass is 316 g/mol. The van der Waals surface area contributed by atoms with Gasteiger partial charge in [-0.05, 0) is 67.3 Å². The molecule has 0 aliphatic carbocycles. The Hall–Kier alpha value is -1.71. The molecule has 0 saturated carbocycles. The van der Waals surface area contributed by atoms with Crippen LogP contribution in [0.4, 0.5) is 5.69 Å². The average molecular weight is 317 g/mol. The lowest BCUT2D eigenvalue weighted by Gasteiger charge is -2.17. The lowest BCUT2D eigenvalue weighted by molar-refractivity contribution is 0.472. The van der Waals surface area contributed by atoms with Crippen molar-refractivity contribution in [2.24, 2.45) is 5.73 Å². The van der Waals surface area contributed by atoms with Crippen molar-refractivity contribution < 1.29 is 4.74 Å². The molecule has 0 bridgehead atoms. The summed E-state index contributed by atoms with van der Waals surface area (Å²) in [5.41, 5.74) is 10.7. The van der Waals surface area contributed by atoms with Crippen LogP contribution < -0.4 is 15.4 Å². The Kier molecular flexibility index (Phi) is 4.27. The van der Waals surface area contributed by atoms with Gasteiger partial charge in [-0.15, -0.1) is 0 Å². The van der Waals surface area contributed by atoms with Crippen molar-refractivity contribution in [1.82, 2.24) is 0 Å². The van der Waals surface area contributed by atoms with Crippen molar-refractivity contribution in [1.29, 1.82) is 0 Å². The second-order valence-corrected chi connectivity index (χ2v) is 6.19. The van der Waals surface area contributed by atoms with Crippen LogP contribution in [0.2, 0.25) is 5.02 Å². The van der Waals surface area contributed by atoms with E-state index in [1.807, 2.05) is 24.3 Å². The van der Waals surface area contributed by atoms with Crippen LogP contribution in [0, 0.1) is 6.92 Å². The summed E-state index contributed by atoms with van der Waals surface area (Å²) in [5, 5.41) is 0.675. The number of nitrogens with zero attached hydrogens (tertiary/aromatic N) is 1. The van der Waals surface area contributed by atoms with E-state index in [9.17, 15) is 0 Å². The third kappa shape index (κ3) is 2.79. The first-order chi connectivity index (χ1) is 10.6. The number of hydrogen-bond acceptors (Lipinski definition) is 3. The molecular formula is C18H21ClN2O. The van der Waals surface area contributed by atoms with Gasteiger partial charge in [0.15, 0.2) is 0 Å². The lowest BCUT2D eigenvalue weighted by Crippen LogP contribution is -2.12. The Morgan fingerprint density at radius 2 is 2.05 bits per heavy atom. The van der Waals surface area contributed by atoms with Crippen LogP contribution in [0.5, 0.6) is 11.5 Å². The van der Waals surface area contributed by atoms with Gasteiger partial charge in [0.25, 0.3) is 0 Å². The van der Waals surface area contributed by atoms with E-state index in [1.54, 1.807) is 0 Å². The average Bonchev–Trinajstić information content (AvgIpc) is 2.87. The molecule has 0 fully saturated rings. The largest absolute Gasteiger partial charge is 0.457 e. The highest BCUT2D eigenvalue weighted by atomic mass is 35.5. The molecule has 4 heteroatoms. The Morgan fingerprint density at radius 3 is 2.82 bits per heavy atom. The summed E-state index contributed by atoms with van der Waals surface area (Å²) in [6.45, 7) is 3.78. The van der Waals surface area contributed by atoms with E-state index < -0.39 is 0 Å². The quantitative estimate of drug-likeness (QED) is 0.928. The highest BCUT2D eigenvalue weighted by Crippen LogP contribution is 2.37. The molecule has 2 aromatic rings. The number of rotatable bonds is 4. The maximum absolute atomic E-state index is 6.18. The van der Waals surface area contributed by atoms with E-state index >= 15 is 0 Å². The first-order valence-corrected chi connectivity index (χ1v) is 7.98. The minimum absolute atomic E-state index is 0.589. The standard InChI is InChI=1S/C18H21ClN2O/c1-12-15-8-10-21(2)16(15)5-6-17(12)22-18-11-14(19)4-3-13(18)7-9-20/h3-6,11H,7-10,20H2,1-2H3. The van der Waals surface area contributed by atoms with Crippen molar-refractivity contribution >= 4 is 17.3 Å². The third-order valence-electron chi connectivity index (χ3n) is 4.30. The minimum Gasteiger partial charge on any atom is -0.457 e. The van der Waals surface area contributed by atoms with E-state index in [4.69, 9.17) is 22.1 Å². The van der Waals surface area contributed by atoms with Crippen LogP contribution in [0.1, 0.15) is 16.7 Å². The fourth-order valence-electron chi connectivity index (χ4n) is 3.01. The van der Waals surface area contributed by atoms with E-state index in [-0.39, 0.29) is 0 Å². The molecule has 0 amide bonds. The van der Waals surface area contributed by atoms with Crippen LogP contribution in [0.15, 0.2) is 30.3 Å². The Morgan fingerprint density at radius 1 is 1.23 bits per heavy atom. The molecule has 1 aliphatic rings. The predicted octanol–water partition coefficient (Wildman–Crippen LogP) is 3.93. The third-order valence-corrected chi connectivity index (χ3v) is 4.53. The Bertz CT molecular complexity index is 700. The van der Waals surface area contributed by atoms with Gasteiger partial charge < -0.3 is 15.4 Å². The molecule has 3 rings (SSSR count). The highest BCUT2D eigenvalue weighted by Gasteiger charge is 2.20. The molecule has 0 saturated heterocycles. The summed E-state index contributed by atoms with van der Waals surface area (Å²) >= 11 is 6.12. The zero-order chi connectivity index (χ0) is 15.7. The Labute approximate surface area is 136 Å². The van der Waals surface area contributed by atoms with E-state index in [1.165, 1.54) is 16.8 Å². The van der Waals surface area contributed by atoms with Gasteiger partial charge in [-0.1, -0.05) is 17.7 Å². The number of fused-ring (bicyclic) bond motifs is 1. The second-order valence-electron chi connectivity index (χ2n) is 5.75. The van der Waals surface area contributed by atoms with Gasteiger partial charge in [0.1, 0.15) is 11.5 Å².